The Kier molecular flexibility index (Phi) is 6.32. The summed E-state index contributed by atoms with van der Waals surface area (Å²) >= 11 is 0. The Balaban J connectivity index is 1.44. The van der Waals surface area contributed by atoms with Gasteiger partial charge in [0.15, 0.2) is 0 Å². The zero-order valence-electron chi connectivity index (χ0n) is 18.8. The second-order valence-corrected chi connectivity index (χ2v) is 11.1. The zero-order chi connectivity index (χ0) is 23.7. The van der Waals surface area contributed by atoms with Crippen LogP contribution in [0.5, 0.6) is 0 Å². The van der Waals surface area contributed by atoms with Crippen LogP contribution in [-0.4, -0.2) is 25.6 Å². The van der Waals surface area contributed by atoms with Crippen LogP contribution >= 0.6 is 0 Å². The highest BCUT2D eigenvalue weighted by atomic mass is 32.2. The van der Waals surface area contributed by atoms with E-state index in [-0.39, 0.29) is 22.6 Å². The van der Waals surface area contributed by atoms with Gasteiger partial charge in [0.2, 0.25) is 0 Å². The number of benzene rings is 2. The van der Waals surface area contributed by atoms with Crippen molar-refractivity contribution in [1.82, 2.24) is 0 Å². The predicted octanol–water partition coefficient (Wildman–Crippen LogP) is 4.76. The largest absolute Gasteiger partial charge is 0.430 e. The van der Waals surface area contributed by atoms with E-state index in [0.29, 0.717) is 11.4 Å². The molecule has 2 N–H and O–H groups in total. The van der Waals surface area contributed by atoms with Crippen molar-refractivity contribution in [2.75, 3.05) is 4.72 Å². The molecule has 1 aliphatic heterocycles. The minimum absolute atomic E-state index is 0.183. The molecule has 0 spiro atoms. The predicted molar refractivity (Wildman–Crippen MR) is 129 cm³/mol. The summed E-state index contributed by atoms with van der Waals surface area (Å²) in [6, 6.07) is 15.4. The number of ether oxygens (including phenoxy) is 1. The minimum atomic E-state index is -3.74. The van der Waals surface area contributed by atoms with Crippen molar-refractivity contribution in [2.45, 2.75) is 49.0 Å². The molecule has 1 saturated heterocycles. The van der Waals surface area contributed by atoms with E-state index in [0.717, 1.165) is 37.7 Å². The van der Waals surface area contributed by atoms with Crippen molar-refractivity contribution in [2.24, 2.45) is 17.8 Å². The highest BCUT2D eigenvalue weighted by Gasteiger charge is 2.50. The summed E-state index contributed by atoms with van der Waals surface area (Å²) in [5.41, 5.74) is 1.28. The summed E-state index contributed by atoms with van der Waals surface area (Å²) < 4.78 is 34.0. The maximum absolute atomic E-state index is 13.1. The van der Waals surface area contributed by atoms with Gasteiger partial charge in [-0.3, -0.25) is 9.52 Å². The molecule has 2 aromatic rings. The Bertz CT molecular complexity index is 1220. The monoisotopic (exact) mass is 479 g/mol. The molecule has 2 aliphatic carbocycles. The topological polar surface area (TPSA) is 92.7 Å². The van der Waals surface area contributed by atoms with Crippen molar-refractivity contribution in [3.63, 3.8) is 0 Å². The second-order valence-electron chi connectivity index (χ2n) is 9.38. The third-order valence-corrected chi connectivity index (χ3v) is 8.41. The van der Waals surface area contributed by atoms with E-state index in [2.05, 4.69) is 4.72 Å². The average Bonchev–Trinajstić information content (AvgIpc) is 3.63. The van der Waals surface area contributed by atoms with Gasteiger partial charge in [0.05, 0.1) is 16.9 Å². The third-order valence-electron chi connectivity index (χ3n) is 7.01. The lowest BCUT2D eigenvalue weighted by Gasteiger charge is -2.39. The highest BCUT2D eigenvalue weighted by molar-refractivity contribution is 7.92. The van der Waals surface area contributed by atoms with Crippen LogP contribution in [0.2, 0.25) is 0 Å². The van der Waals surface area contributed by atoms with E-state index in [1.165, 1.54) is 0 Å². The number of anilines is 1. The SMILES string of the molecule is O=C1OC2=CC=CCCCC2C(O)C1C(c1cccc(NS(=O)(=O)c2ccccc2)c1)C1CC1. The van der Waals surface area contributed by atoms with Crippen LogP contribution in [0.15, 0.2) is 83.5 Å². The van der Waals surface area contributed by atoms with Gasteiger partial charge in [-0.15, -0.1) is 0 Å². The molecule has 5 rings (SSSR count). The first kappa shape index (κ1) is 22.9. The van der Waals surface area contributed by atoms with Gasteiger partial charge < -0.3 is 9.84 Å². The molecular weight excluding hydrogens is 450 g/mol. The Hall–Kier alpha value is -2.90. The lowest BCUT2D eigenvalue weighted by atomic mass is 9.72. The standard InChI is InChI=1S/C27H29NO5S/c29-26-22-13-6-1-2-7-14-23(22)33-27(30)25(26)24(18-15-16-18)19-9-8-10-20(17-19)28-34(31,32)21-11-4-3-5-12-21/h2-5,7-12,14,17-18,22,24-26,28-29H,1,6,13,15-16H2. The number of allylic oxidation sites excluding steroid dienone is 3. The summed E-state index contributed by atoms with van der Waals surface area (Å²) in [6.07, 6.45) is 9.45. The van der Waals surface area contributed by atoms with Crippen LogP contribution in [0.4, 0.5) is 5.69 Å². The fourth-order valence-electron chi connectivity index (χ4n) is 5.21. The Morgan fingerprint density at radius 3 is 2.59 bits per heavy atom. The highest BCUT2D eigenvalue weighted by Crippen LogP contribution is 2.51. The van der Waals surface area contributed by atoms with E-state index >= 15 is 0 Å². The molecule has 1 heterocycles. The van der Waals surface area contributed by atoms with Crippen molar-refractivity contribution < 1.29 is 23.1 Å². The van der Waals surface area contributed by atoms with Crippen molar-refractivity contribution in [1.29, 1.82) is 0 Å². The summed E-state index contributed by atoms with van der Waals surface area (Å²) in [6.45, 7) is 0. The van der Waals surface area contributed by atoms with E-state index in [9.17, 15) is 18.3 Å². The number of nitrogens with one attached hydrogen (secondary N) is 1. The molecule has 1 saturated carbocycles. The van der Waals surface area contributed by atoms with Gasteiger partial charge in [0, 0.05) is 17.5 Å². The lowest BCUT2D eigenvalue weighted by molar-refractivity contribution is -0.160. The molecule has 3 aliphatic rings. The number of fused-ring (bicyclic) bond motifs is 1. The smallest absolute Gasteiger partial charge is 0.317 e. The molecular formula is C27H29NO5S. The number of carbonyl (C=O) groups excluding carboxylic acids is 1. The van der Waals surface area contributed by atoms with Crippen LogP contribution < -0.4 is 4.72 Å². The minimum Gasteiger partial charge on any atom is -0.430 e. The van der Waals surface area contributed by atoms with Gasteiger partial charge in [-0.1, -0.05) is 42.5 Å². The Morgan fingerprint density at radius 1 is 1.03 bits per heavy atom. The number of sulfonamides is 1. The van der Waals surface area contributed by atoms with Crippen LogP contribution in [0.25, 0.3) is 0 Å². The van der Waals surface area contributed by atoms with Crippen molar-refractivity contribution in [3.8, 4) is 0 Å². The van der Waals surface area contributed by atoms with Crippen molar-refractivity contribution in [3.05, 3.63) is 84.1 Å². The lowest BCUT2D eigenvalue weighted by Crippen LogP contribution is -2.45. The molecule has 0 bridgehead atoms. The molecule has 4 unspecified atom stereocenters. The molecule has 2 aromatic carbocycles. The van der Waals surface area contributed by atoms with Gasteiger partial charge in [-0.05, 0) is 73.9 Å². The van der Waals surface area contributed by atoms with Gasteiger partial charge in [-0.2, -0.15) is 0 Å². The van der Waals surface area contributed by atoms with Crippen LogP contribution in [0.3, 0.4) is 0 Å². The molecule has 0 aromatic heterocycles. The second kappa shape index (κ2) is 9.39. The van der Waals surface area contributed by atoms with E-state index in [4.69, 9.17) is 4.74 Å². The molecule has 34 heavy (non-hydrogen) atoms. The van der Waals surface area contributed by atoms with Crippen LogP contribution in [0, 0.1) is 17.8 Å². The first-order chi connectivity index (χ1) is 16.4. The first-order valence-electron chi connectivity index (χ1n) is 11.9. The normalized spacial score (nSPS) is 25.9. The first-order valence-corrected chi connectivity index (χ1v) is 13.4. The molecule has 2 fully saturated rings. The number of hydrogen-bond acceptors (Lipinski definition) is 5. The van der Waals surface area contributed by atoms with Gasteiger partial charge >= 0.3 is 5.97 Å². The molecule has 6 nitrogen and oxygen atoms in total. The quantitative estimate of drug-likeness (QED) is 0.583. The Labute approximate surface area is 200 Å². The van der Waals surface area contributed by atoms with Gasteiger partial charge in [0.25, 0.3) is 10.0 Å². The number of esters is 1. The van der Waals surface area contributed by atoms with Crippen LogP contribution in [0.1, 0.15) is 43.6 Å². The molecule has 0 radical (unpaired) electrons. The fourth-order valence-corrected chi connectivity index (χ4v) is 6.28. The molecule has 178 valence electrons. The van der Waals surface area contributed by atoms with Crippen molar-refractivity contribution >= 4 is 21.7 Å². The number of rotatable bonds is 6. The average molecular weight is 480 g/mol. The maximum Gasteiger partial charge on any atom is 0.317 e. The number of aliphatic hydroxyl groups is 1. The summed E-state index contributed by atoms with van der Waals surface area (Å²) in [5.74, 6) is -0.731. The molecule has 0 amide bonds. The number of hydrogen-bond donors (Lipinski definition) is 2. The molecule has 7 heteroatoms. The summed E-state index contributed by atoms with van der Waals surface area (Å²) in [7, 11) is -3.74. The van der Waals surface area contributed by atoms with E-state index in [1.54, 1.807) is 54.6 Å². The van der Waals surface area contributed by atoms with Gasteiger partial charge in [0.1, 0.15) is 5.76 Å². The zero-order valence-corrected chi connectivity index (χ0v) is 19.7. The summed E-state index contributed by atoms with van der Waals surface area (Å²) in [5, 5.41) is 11.4. The number of aliphatic hydroxyl groups excluding tert-OH is 1. The summed E-state index contributed by atoms with van der Waals surface area (Å²) in [4.78, 5) is 13.3. The maximum atomic E-state index is 13.1. The van der Waals surface area contributed by atoms with Crippen LogP contribution in [-0.2, 0) is 19.6 Å². The fraction of sp³-hybridized carbons (Fsp3) is 0.370. The third kappa shape index (κ3) is 4.68. The van der Waals surface area contributed by atoms with E-state index in [1.807, 2.05) is 18.2 Å². The van der Waals surface area contributed by atoms with Gasteiger partial charge in [-0.25, -0.2) is 8.42 Å². The Morgan fingerprint density at radius 2 is 1.82 bits per heavy atom. The number of carbonyl (C=O) groups is 1. The van der Waals surface area contributed by atoms with E-state index < -0.39 is 28.0 Å². The molecule has 4 atom stereocenters.